The van der Waals surface area contributed by atoms with Gasteiger partial charge in [-0.1, -0.05) is 48.5 Å². The van der Waals surface area contributed by atoms with Crippen LogP contribution < -0.4 is 10.2 Å². The predicted molar refractivity (Wildman–Crippen MR) is 154 cm³/mol. The number of nitrogens with zero attached hydrogens (tertiary/aromatic N) is 1. The lowest BCUT2D eigenvalue weighted by Crippen LogP contribution is -2.29. The van der Waals surface area contributed by atoms with Crippen LogP contribution in [0, 0.1) is 0 Å². The van der Waals surface area contributed by atoms with Crippen LogP contribution in [0.15, 0.2) is 79.0 Å². The highest BCUT2D eigenvalue weighted by Gasteiger charge is 2.28. The predicted octanol–water partition coefficient (Wildman–Crippen LogP) is 4.79. The van der Waals surface area contributed by atoms with Gasteiger partial charge in [0, 0.05) is 48.0 Å². The number of hydrogen-bond donors (Lipinski definition) is 4. The maximum Gasteiger partial charge on any atom is 0.267 e. The molecular weight excluding hydrogens is 512 g/mol. The quantitative estimate of drug-likeness (QED) is 0.130. The van der Waals surface area contributed by atoms with Crippen LogP contribution in [0.2, 0.25) is 0 Å². The number of nitrogens with one attached hydrogen (secondary N) is 3. The summed E-state index contributed by atoms with van der Waals surface area (Å²) >= 11 is 0. The van der Waals surface area contributed by atoms with Gasteiger partial charge in [0.15, 0.2) is 0 Å². The van der Waals surface area contributed by atoms with Crippen molar-refractivity contribution in [2.45, 2.75) is 31.8 Å². The third-order valence-electron chi connectivity index (χ3n) is 7.15. The number of para-hydroxylation sites is 1. The molecule has 202 valence electrons. The van der Waals surface area contributed by atoms with E-state index in [1.165, 1.54) is 28.2 Å². The van der Waals surface area contributed by atoms with Gasteiger partial charge < -0.3 is 4.98 Å². The van der Waals surface area contributed by atoms with Gasteiger partial charge in [-0.3, -0.25) is 19.6 Å². The first-order chi connectivity index (χ1) is 18.8. The van der Waals surface area contributed by atoms with Crippen LogP contribution in [0.1, 0.15) is 40.3 Å². The molecule has 1 aliphatic carbocycles. The van der Waals surface area contributed by atoms with Crippen LogP contribution in [-0.2, 0) is 34.2 Å². The number of carbonyl (C=O) groups is 1. The molecule has 9 heteroatoms. The number of benzene rings is 3. The molecule has 0 spiro atoms. The molecule has 1 heterocycles. The van der Waals surface area contributed by atoms with Gasteiger partial charge in [-0.25, -0.2) is 13.9 Å². The summed E-state index contributed by atoms with van der Waals surface area (Å²) in [7, 11) is -3.37. The lowest BCUT2D eigenvalue weighted by atomic mass is 10.0. The normalized spacial score (nSPS) is 15.2. The van der Waals surface area contributed by atoms with Gasteiger partial charge >= 0.3 is 0 Å². The Kier molecular flexibility index (Phi) is 7.83. The van der Waals surface area contributed by atoms with E-state index in [2.05, 4.69) is 51.1 Å². The molecule has 1 atom stereocenters. The van der Waals surface area contributed by atoms with E-state index in [9.17, 15) is 13.2 Å². The number of fused-ring (bicyclic) bond motifs is 2. The fourth-order valence-electron chi connectivity index (χ4n) is 5.44. The zero-order valence-corrected chi connectivity index (χ0v) is 22.5. The average Bonchev–Trinajstić information content (AvgIpc) is 3.53. The Morgan fingerprint density at radius 3 is 2.79 bits per heavy atom. The average molecular weight is 545 g/mol. The van der Waals surface area contributed by atoms with Gasteiger partial charge in [-0.05, 0) is 71.4 Å². The molecule has 0 aliphatic heterocycles. The van der Waals surface area contributed by atoms with Crippen molar-refractivity contribution in [1.29, 1.82) is 0 Å². The summed E-state index contributed by atoms with van der Waals surface area (Å²) in [5.74, 6) is -0.565. The summed E-state index contributed by atoms with van der Waals surface area (Å²) in [5, 5.41) is 9.97. The van der Waals surface area contributed by atoms with Crippen LogP contribution in [0.4, 0.5) is 5.69 Å². The number of carbonyl (C=O) groups excluding carboxylic acids is 1. The smallest absolute Gasteiger partial charge is 0.267 e. The number of rotatable bonds is 10. The summed E-state index contributed by atoms with van der Waals surface area (Å²) in [6.45, 7) is 1.50. The zero-order chi connectivity index (χ0) is 27.4. The van der Waals surface area contributed by atoms with Crippen LogP contribution in [-0.4, -0.2) is 42.2 Å². The van der Waals surface area contributed by atoms with E-state index in [1.54, 1.807) is 17.6 Å². The fraction of sp³-hybridized carbons (Fsp3) is 0.233. The third kappa shape index (κ3) is 6.57. The van der Waals surface area contributed by atoms with E-state index in [-0.39, 0.29) is 6.04 Å². The van der Waals surface area contributed by atoms with E-state index >= 15 is 0 Å². The molecule has 1 aliphatic rings. The van der Waals surface area contributed by atoms with Gasteiger partial charge in [0.1, 0.15) is 0 Å². The molecule has 4 aromatic rings. The Bertz CT molecular complexity index is 1630. The van der Waals surface area contributed by atoms with Crippen molar-refractivity contribution in [2.75, 3.05) is 17.5 Å². The SMILES string of the molecule is CS(=O)(=O)Nc1cccc(CN(CCc2c[nH]c3ccccc23)C2CCc3cc(/C=C/C(=O)NO)ccc32)c1. The Morgan fingerprint density at radius 2 is 1.97 bits per heavy atom. The Labute approximate surface area is 228 Å². The molecule has 1 unspecified atom stereocenters. The molecular formula is C30H32N4O4S. The highest BCUT2D eigenvalue weighted by atomic mass is 32.2. The molecule has 1 amide bonds. The molecule has 0 saturated heterocycles. The number of aromatic nitrogens is 1. The molecule has 39 heavy (non-hydrogen) atoms. The molecule has 5 rings (SSSR count). The van der Waals surface area contributed by atoms with E-state index in [4.69, 9.17) is 5.21 Å². The molecule has 0 saturated carbocycles. The number of hydrogen-bond acceptors (Lipinski definition) is 5. The Balaban J connectivity index is 1.41. The summed E-state index contributed by atoms with van der Waals surface area (Å²) in [5.41, 5.74) is 9.01. The van der Waals surface area contributed by atoms with Crippen LogP contribution in [0.25, 0.3) is 17.0 Å². The van der Waals surface area contributed by atoms with Crippen molar-refractivity contribution in [3.8, 4) is 0 Å². The van der Waals surface area contributed by atoms with Crippen molar-refractivity contribution >= 4 is 38.6 Å². The van der Waals surface area contributed by atoms with Crippen molar-refractivity contribution in [3.05, 3.63) is 107 Å². The number of sulfonamides is 1. The lowest BCUT2D eigenvalue weighted by molar-refractivity contribution is -0.124. The lowest BCUT2D eigenvalue weighted by Gasteiger charge is -2.30. The number of H-pyrrole nitrogens is 1. The number of anilines is 1. The zero-order valence-electron chi connectivity index (χ0n) is 21.7. The van der Waals surface area contributed by atoms with Gasteiger partial charge in [0.05, 0.1) is 6.26 Å². The van der Waals surface area contributed by atoms with E-state index < -0.39 is 15.9 Å². The Morgan fingerprint density at radius 1 is 1.13 bits per heavy atom. The summed E-state index contributed by atoms with van der Waals surface area (Å²) in [6.07, 6.45) is 9.00. The first-order valence-corrected chi connectivity index (χ1v) is 14.8. The van der Waals surface area contributed by atoms with E-state index in [0.29, 0.717) is 12.2 Å². The molecule has 4 N–H and O–H groups in total. The fourth-order valence-corrected chi connectivity index (χ4v) is 5.99. The second-order valence-corrected chi connectivity index (χ2v) is 11.7. The summed E-state index contributed by atoms with van der Waals surface area (Å²) < 4.78 is 26.2. The van der Waals surface area contributed by atoms with E-state index in [0.717, 1.165) is 48.7 Å². The number of amides is 1. The van der Waals surface area contributed by atoms with Crippen molar-refractivity contribution < 1.29 is 18.4 Å². The molecule has 1 aromatic heterocycles. The number of hydroxylamine groups is 1. The van der Waals surface area contributed by atoms with Gasteiger partial charge in [-0.2, -0.15) is 0 Å². The van der Waals surface area contributed by atoms with Gasteiger partial charge in [-0.15, -0.1) is 0 Å². The van der Waals surface area contributed by atoms with Crippen molar-refractivity contribution in [3.63, 3.8) is 0 Å². The van der Waals surface area contributed by atoms with Crippen LogP contribution in [0.5, 0.6) is 0 Å². The minimum atomic E-state index is -3.37. The highest BCUT2D eigenvalue weighted by Crippen LogP contribution is 2.38. The minimum absolute atomic E-state index is 0.204. The minimum Gasteiger partial charge on any atom is -0.361 e. The van der Waals surface area contributed by atoms with Crippen LogP contribution >= 0.6 is 0 Å². The number of aromatic amines is 1. The maximum absolute atomic E-state index is 11.8. The summed E-state index contributed by atoms with van der Waals surface area (Å²) in [4.78, 5) is 17.2. The highest BCUT2D eigenvalue weighted by molar-refractivity contribution is 7.92. The first-order valence-electron chi connectivity index (χ1n) is 12.9. The second kappa shape index (κ2) is 11.4. The maximum atomic E-state index is 11.8. The second-order valence-electron chi connectivity index (χ2n) is 9.98. The summed E-state index contributed by atoms with van der Waals surface area (Å²) in [6, 6.07) is 22.3. The monoisotopic (exact) mass is 544 g/mol. The number of aryl methyl sites for hydroxylation is 1. The van der Waals surface area contributed by atoms with Gasteiger partial charge in [0.25, 0.3) is 5.91 Å². The Hall–Kier alpha value is -3.92. The van der Waals surface area contributed by atoms with Gasteiger partial charge in [0.2, 0.25) is 10.0 Å². The molecule has 0 bridgehead atoms. The largest absolute Gasteiger partial charge is 0.361 e. The van der Waals surface area contributed by atoms with Crippen molar-refractivity contribution in [1.82, 2.24) is 15.4 Å². The van der Waals surface area contributed by atoms with Crippen LogP contribution in [0.3, 0.4) is 0 Å². The van der Waals surface area contributed by atoms with Crippen molar-refractivity contribution in [2.24, 2.45) is 0 Å². The molecule has 0 fully saturated rings. The van der Waals surface area contributed by atoms with E-state index in [1.807, 2.05) is 30.3 Å². The topological polar surface area (TPSA) is 115 Å². The first kappa shape index (κ1) is 26.7. The molecule has 3 aromatic carbocycles. The molecule has 8 nitrogen and oxygen atoms in total. The standard InChI is InChI=1S/C30H32N4O4S/c1-39(37,38)33-25-6-4-5-22(18-25)20-34(16-15-24-19-31-28-8-3-2-7-26(24)28)29-13-11-23-17-21(9-12-27(23)29)10-14-30(35)32-36/h2-10,12,14,17-19,29,31,33,36H,11,13,15-16,20H2,1H3,(H,32,35)/b14-10+. The third-order valence-corrected chi connectivity index (χ3v) is 7.76. The molecule has 0 radical (unpaired) electrons.